The first-order valence-corrected chi connectivity index (χ1v) is 12.1. The average molecular weight is 576 g/mol. The molecule has 0 aliphatic rings. The first-order chi connectivity index (χ1) is 17.0. The summed E-state index contributed by atoms with van der Waals surface area (Å²) < 4.78 is 165. The van der Waals surface area contributed by atoms with Gasteiger partial charge in [-0.3, -0.25) is 0 Å². The van der Waals surface area contributed by atoms with Crippen molar-refractivity contribution in [2.45, 2.75) is 57.8 Å². The molecular weight excluding hydrogens is 554 g/mol. The van der Waals surface area contributed by atoms with Crippen LogP contribution in [-0.4, -0.2) is 18.0 Å². The molecule has 0 nitrogen and oxygen atoms in total. The molecule has 2 aromatic rings. The van der Waals surface area contributed by atoms with E-state index in [4.69, 9.17) is 0 Å². The molecule has 0 N–H and O–H groups in total. The lowest BCUT2D eigenvalue weighted by molar-refractivity contribution is -0.239. The molecule has 0 saturated carbocycles. The average Bonchev–Trinajstić information content (AvgIpc) is 2.83. The van der Waals surface area contributed by atoms with Crippen LogP contribution in [0.25, 0.3) is 11.1 Å². The maximum absolute atomic E-state index is 13.4. The summed E-state index contributed by atoms with van der Waals surface area (Å²) in [6, 6.07) is 0.665. The molecule has 0 radical (unpaired) electrons. The van der Waals surface area contributed by atoms with Crippen molar-refractivity contribution in [2.24, 2.45) is 5.92 Å². The van der Waals surface area contributed by atoms with Gasteiger partial charge in [-0.1, -0.05) is 39.5 Å². The minimum absolute atomic E-state index is 0.0330. The Balaban J connectivity index is 0.000000377. The van der Waals surface area contributed by atoms with E-state index < -0.39 is 78.1 Å². The van der Waals surface area contributed by atoms with Crippen LogP contribution in [0.2, 0.25) is 0 Å². The normalized spacial score (nSPS) is 13.2. The van der Waals surface area contributed by atoms with Crippen LogP contribution in [0.5, 0.6) is 0 Å². The monoisotopic (exact) mass is 576 g/mol. The third-order valence-electron chi connectivity index (χ3n) is 5.31. The highest BCUT2D eigenvalue weighted by Gasteiger charge is 2.56. The molecule has 2 unspecified atom stereocenters. The van der Waals surface area contributed by atoms with Gasteiger partial charge in [0.25, 0.3) is 0 Å². The van der Waals surface area contributed by atoms with Crippen molar-refractivity contribution < 1.29 is 57.1 Å². The van der Waals surface area contributed by atoms with E-state index in [1.54, 1.807) is 0 Å². The van der Waals surface area contributed by atoms with E-state index in [2.05, 4.69) is 0 Å². The molecule has 0 fully saturated rings. The van der Waals surface area contributed by atoms with E-state index >= 15 is 0 Å². The lowest BCUT2D eigenvalue weighted by Gasteiger charge is -2.21. The minimum atomic E-state index is -5.39. The third-order valence-corrected chi connectivity index (χ3v) is 6.58. The highest BCUT2D eigenvalue weighted by molar-refractivity contribution is 7.39. The molecule has 0 aliphatic carbocycles. The maximum atomic E-state index is 13.4. The largest absolute Gasteiger partial charge is 0.457 e. The van der Waals surface area contributed by atoms with Crippen molar-refractivity contribution in [1.82, 2.24) is 0 Å². The van der Waals surface area contributed by atoms with Crippen molar-refractivity contribution in [3.05, 3.63) is 58.7 Å². The van der Waals surface area contributed by atoms with Gasteiger partial charge < -0.3 is 0 Å². The van der Waals surface area contributed by atoms with Gasteiger partial charge in [0.1, 0.15) is 0 Å². The highest BCUT2D eigenvalue weighted by Crippen LogP contribution is 2.48. The molecule has 2 rings (SSSR count). The summed E-state index contributed by atoms with van der Waals surface area (Å²) in [7, 11) is -1.35. The predicted molar refractivity (Wildman–Crippen MR) is 114 cm³/mol. The van der Waals surface area contributed by atoms with Gasteiger partial charge in [0.2, 0.25) is 5.82 Å². The van der Waals surface area contributed by atoms with Crippen molar-refractivity contribution in [3.63, 3.8) is 0 Å². The van der Waals surface area contributed by atoms with Gasteiger partial charge in [-0.25, -0.2) is 35.1 Å². The standard InChI is InChI=1S/C12H2F8.C11H20F5P/c13-4-2-1-3(6(14)7(4)15)5-8(16)10(18)12(20)11(19)9(5)17;1-3-5-6-9(4-2)7-8-17-11(15,16)10(12,13)14/h1-2H;9,17H,3-8H2,1-2H3. The fraction of sp³-hybridized carbons (Fsp3) is 0.478. The molecule has 14 heteroatoms. The molecular formula is C23H22F13P. The van der Waals surface area contributed by atoms with Crippen LogP contribution in [0.3, 0.4) is 0 Å². The Morgan fingerprint density at radius 2 is 1.19 bits per heavy atom. The van der Waals surface area contributed by atoms with Crippen LogP contribution in [0.4, 0.5) is 57.1 Å². The number of unbranched alkanes of at least 4 members (excludes halogenated alkanes) is 1. The SMILES string of the molecule is CCCCC(CC)CCPC(F)(F)C(F)(F)F.Fc1ccc(-c2c(F)c(F)c(F)c(F)c2F)c(F)c1F. The molecule has 0 bridgehead atoms. The molecule has 0 aliphatic heterocycles. The molecule has 2 atom stereocenters. The lowest BCUT2D eigenvalue weighted by atomic mass is 9.97. The van der Waals surface area contributed by atoms with Crippen LogP contribution in [-0.2, 0) is 0 Å². The fourth-order valence-corrected chi connectivity index (χ4v) is 4.21. The van der Waals surface area contributed by atoms with E-state index in [9.17, 15) is 57.1 Å². The molecule has 0 saturated heterocycles. The van der Waals surface area contributed by atoms with E-state index in [1.165, 1.54) is 0 Å². The molecule has 0 heterocycles. The van der Waals surface area contributed by atoms with E-state index in [-0.39, 0.29) is 12.1 Å². The van der Waals surface area contributed by atoms with Gasteiger partial charge >= 0.3 is 11.8 Å². The van der Waals surface area contributed by atoms with Gasteiger partial charge in [-0.15, -0.1) is 0 Å². The first-order valence-electron chi connectivity index (χ1n) is 10.9. The molecule has 37 heavy (non-hydrogen) atoms. The summed E-state index contributed by atoms with van der Waals surface area (Å²) in [5.41, 5.74) is -7.45. The van der Waals surface area contributed by atoms with Crippen molar-refractivity contribution in [3.8, 4) is 11.1 Å². The third kappa shape index (κ3) is 8.22. The summed E-state index contributed by atoms with van der Waals surface area (Å²) in [4.78, 5) is 0. The summed E-state index contributed by atoms with van der Waals surface area (Å²) in [5.74, 6) is -17.3. The van der Waals surface area contributed by atoms with E-state index in [0.717, 1.165) is 25.7 Å². The first kappa shape index (κ1) is 33.0. The molecule has 0 amide bonds. The molecule has 0 aromatic heterocycles. The Hall–Kier alpha value is -2.04. The maximum Gasteiger partial charge on any atom is 0.457 e. The predicted octanol–water partition coefficient (Wildman–Crippen LogP) is 9.89. The van der Waals surface area contributed by atoms with E-state index in [0.29, 0.717) is 18.6 Å². The lowest BCUT2D eigenvalue weighted by Crippen LogP contribution is -2.32. The molecule has 2 aromatic carbocycles. The minimum Gasteiger partial charge on any atom is -0.204 e. The zero-order valence-corrected chi connectivity index (χ0v) is 20.4. The van der Waals surface area contributed by atoms with Crippen molar-refractivity contribution >= 4 is 8.58 Å². The smallest absolute Gasteiger partial charge is 0.204 e. The fourth-order valence-electron chi connectivity index (χ4n) is 3.14. The van der Waals surface area contributed by atoms with Crippen LogP contribution in [0, 0.1) is 52.5 Å². The number of hydrogen-bond donors (Lipinski definition) is 0. The Kier molecular flexibility index (Phi) is 12.2. The second-order valence-corrected chi connectivity index (χ2v) is 9.35. The molecule has 210 valence electrons. The second-order valence-electron chi connectivity index (χ2n) is 7.87. The Morgan fingerprint density at radius 3 is 1.65 bits per heavy atom. The van der Waals surface area contributed by atoms with Crippen molar-refractivity contribution in [2.75, 3.05) is 6.16 Å². The Bertz CT molecular complexity index is 1020. The molecule has 0 spiro atoms. The van der Waals surface area contributed by atoms with Crippen LogP contribution in [0.15, 0.2) is 12.1 Å². The zero-order chi connectivity index (χ0) is 28.7. The number of hydrogen-bond acceptors (Lipinski definition) is 0. The quantitative estimate of drug-likeness (QED) is 0.121. The Labute approximate surface area is 206 Å². The summed E-state index contributed by atoms with van der Waals surface area (Å²) in [6.07, 6.45) is -1.14. The van der Waals surface area contributed by atoms with Crippen molar-refractivity contribution in [1.29, 1.82) is 0 Å². The van der Waals surface area contributed by atoms with Crippen LogP contribution < -0.4 is 0 Å². The van der Waals surface area contributed by atoms with Crippen LogP contribution >= 0.6 is 8.58 Å². The number of rotatable bonds is 9. The zero-order valence-electron chi connectivity index (χ0n) is 19.4. The van der Waals surface area contributed by atoms with Gasteiger partial charge in [-0.05, 0) is 39.2 Å². The van der Waals surface area contributed by atoms with Gasteiger partial charge in [0.15, 0.2) is 40.7 Å². The Morgan fingerprint density at radius 1 is 0.676 bits per heavy atom. The number of halogens is 13. The van der Waals surface area contributed by atoms with Crippen LogP contribution in [0.1, 0.15) is 46.0 Å². The topological polar surface area (TPSA) is 0 Å². The number of benzene rings is 2. The van der Waals surface area contributed by atoms with Gasteiger partial charge in [-0.2, -0.15) is 22.0 Å². The number of alkyl halides is 5. The van der Waals surface area contributed by atoms with E-state index in [1.807, 2.05) is 13.8 Å². The second kappa shape index (κ2) is 13.7. The summed E-state index contributed by atoms with van der Waals surface area (Å²) in [5, 5.41) is 0. The van der Waals surface area contributed by atoms with Gasteiger partial charge in [0, 0.05) is 5.56 Å². The highest BCUT2D eigenvalue weighted by atomic mass is 31.1. The van der Waals surface area contributed by atoms with Gasteiger partial charge in [0.05, 0.1) is 5.56 Å². The summed E-state index contributed by atoms with van der Waals surface area (Å²) >= 11 is 0. The summed E-state index contributed by atoms with van der Waals surface area (Å²) in [6.45, 7) is 3.98.